The lowest BCUT2D eigenvalue weighted by atomic mass is 9.72. The maximum absolute atomic E-state index is 13.7. The van der Waals surface area contributed by atoms with Crippen LogP contribution in [0, 0.1) is 28.8 Å². The van der Waals surface area contributed by atoms with Crippen LogP contribution in [-0.2, 0) is 12.8 Å². The first-order valence-corrected chi connectivity index (χ1v) is 15.5. The number of benzene rings is 2. The summed E-state index contributed by atoms with van der Waals surface area (Å²) in [6.07, 6.45) is 4.88. The molecular weight excluding hydrogens is 637 g/mol. The van der Waals surface area contributed by atoms with Crippen molar-refractivity contribution in [2.24, 2.45) is 16.3 Å². The molecule has 0 saturated carbocycles. The minimum atomic E-state index is -0.111. The molecule has 5 rings (SSSR count). The monoisotopic (exact) mass is 669 g/mol. The number of rotatable bonds is 5. The number of aromatic nitrogens is 1. The molecule has 0 aliphatic heterocycles. The lowest BCUT2D eigenvalue weighted by Crippen LogP contribution is -2.27. The van der Waals surface area contributed by atoms with E-state index < -0.39 is 0 Å². The van der Waals surface area contributed by atoms with Crippen LogP contribution in [0.2, 0.25) is 5.02 Å². The number of anilines is 1. The number of nitrogens with one attached hydrogen (secondary N) is 1. The molecule has 202 valence electrons. The van der Waals surface area contributed by atoms with Crippen LogP contribution in [0.1, 0.15) is 64.9 Å². The topological polar surface area (TPSA) is 46.4 Å². The summed E-state index contributed by atoms with van der Waals surface area (Å²) in [6.45, 7) is 11.2. The number of carbonyl (C=O) groups excluding carboxylic acids is 1. The molecule has 1 atom stereocenters. The number of amides is 1. The predicted molar refractivity (Wildman–Crippen MR) is 174 cm³/mol. The van der Waals surface area contributed by atoms with E-state index >= 15 is 0 Å². The Balaban J connectivity index is 1.51. The van der Waals surface area contributed by atoms with Gasteiger partial charge in [-0.2, -0.15) is 0 Å². The Hall–Kier alpha value is -2.42. The summed E-state index contributed by atoms with van der Waals surface area (Å²) in [6, 6.07) is 17.9. The molecule has 0 radical (unpaired) electrons. The van der Waals surface area contributed by atoms with Crippen LogP contribution >= 0.6 is 45.5 Å². The minimum absolute atomic E-state index is 0.111. The smallest absolute Gasteiger partial charge is 0.259 e. The molecule has 4 aromatic rings. The van der Waals surface area contributed by atoms with Gasteiger partial charge in [-0.1, -0.05) is 32.4 Å². The van der Waals surface area contributed by atoms with Crippen molar-refractivity contribution in [3.8, 4) is 5.69 Å². The van der Waals surface area contributed by atoms with E-state index in [2.05, 4.69) is 97.4 Å². The van der Waals surface area contributed by atoms with Crippen molar-refractivity contribution in [1.82, 2.24) is 4.57 Å². The molecule has 0 fully saturated rings. The van der Waals surface area contributed by atoms with Gasteiger partial charge in [-0.05, 0) is 127 Å². The van der Waals surface area contributed by atoms with Gasteiger partial charge in [-0.25, -0.2) is 4.99 Å². The van der Waals surface area contributed by atoms with E-state index in [0.29, 0.717) is 16.5 Å². The van der Waals surface area contributed by atoms with Crippen molar-refractivity contribution < 1.29 is 4.79 Å². The van der Waals surface area contributed by atoms with E-state index in [4.69, 9.17) is 16.6 Å². The van der Waals surface area contributed by atoms with E-state index in [1.54, 1.807) is 23.5 Å². The summed E-state index contributed by atoms with van der Waals surface area (Å²) >= 11 is 10.1. The average Bonchev–Trinajstić information content (AvgIpc) is 3.39. The fourth-order valence-electron chi connectivity index (χ4n) is 5.40. The summed E-state index contributed by atoms with van der Waals surface area (Å²) in [5, 5.41) is 4.50. The molecule has 1 aliphatic rings. The van der Waals surface area contributed by atoms with Crippen molar-refractivity contribution in [2.75, 3.05) is 5.32 Å². The minimum Gasteiger partial charge on any atom is -0.322 e. The maximum atomic E-state index is 13.7. The van der Waals surface area contributed by atoms with Crippen LogP contribution in [0.15, 0.2) is 59.6 Å². The number of thiophene rings is 1. The van der Waals surface area contributed by atoms with E-state index in [1.807, 2.05) is 18.3 Å². The van der Waals surface area contributed by atoms with Gasteiger partial charge in [0.15, 0.2) is 0 Å². The van der Waals surface area contributed by atoms with Gasteiger partial charge in [0.1, 0.15) is 5.00 Å². The molecule has 2 heterocycles. The van der Waals surface area contributed by atoms with E-state index in [0.717, 1.165) is 58.2 Å². The van der Waals surface area contributed by atoms with Crippen molar-refractivity contribution in [3.63, 3.8) is 0 Å². The van der Waals surface area contributed by atoms with Crippen LogP contribution in [0.4, 0.5) is 10.7 Å². The van der Waals surface area contributed by atoms with Gasteiger partial charge >= 0.3 is 0 Å². The predicted octanol–water partition coefficient (Wildman–Crippen LogP) is 9.57. The van der Waals surface area contributed by atoms with Gasteiger partial charge in [-0.3, -0.25) is 4.79 Å². The van der Waals surface area contributed by atoms with Crippen LogP contribution in [0.25, 0.3) is 5.69 Å². The zero-order valence-corrected chi connectivity index (χ0v) is 26.7. The number of halogens is 2. The molecule has 1 N–H and O–H groups in total. The Labute approximate surface area is 253 Å². The van der Waals surface area contributed by atoms with Gasteiger partial charge in [0.05, 0.1) is 5.56 Å². The molecule has 2 aromatic carbocycles. The molecule has 2 aromatic heterocycles. The highest BCUT2D eigenvalue weighted by molar-refractivity contribution is 14.1. The normalized spacial score (nSPS) is 15.5. The zero-order valence-electron chi connectivity index (χ0n) is 22.9. The number of aryl methyl sites for hydroxylation is 1. The highest BCUT2D eigenvalue weighted by atomic mass is 127. The van der Waals surface area contributed by atoms with Gasteiger partial charge in [-0.15, -0.1) is 11.3 Å². The third-order valence-corrected chi connectivity index (χ3v) is 9.81. The summed E-state index contributed by atoms with van der Waals surface area (Å²) in [5.74, 6) is 0.473. The molecule has 1 amide bonds. The summed E-state index contributed by atoms with van der Waals surface area (Å²) in [4.78, 5) is 19.9. The zero-order chi connectivity index (χ0) is 27.9. The van der Waals surface area contributed by atoms with Crippen molar-refractivity contribution in [2.45, 2.75) is 53.9 Å². The van der Waals surface area contributed by atoms with Crippen LogP contribution < -0.4 is 5.32 Å². The van der Waals surface area contributed by atoms with Crippen LogP contribution in [0.3, 0.4) is 0 Å². The summed E-state index contributed by atoms with van der Waals surface area (Å²) in [7, 11) is 0. The van der Waals surface area contributed by atoms with Crippen LogP contribution in [0.5, 0.6) is 0 Å². The third-order valence-electron chi connectivity index (χ3n) is 7.68. The largest absolute Gasteiger partial charge is 0.322 e. The molecule has 7 heteroatoms. The summed E-state index contributed by atoms with van der Waals surface area (Å²) in [5.41, 5.74) is 7.27. The second-order valence-electron chi connectivity index (χ2n) is 11.3. The molecule has 0 spiro atoms. The van der Waals surface area contributed by atoms with E-state index in [1.165, 1.54) is 8.45 Å². The second-order valence-corrected chi connectivity index (χ2v) is 14.1. The number of fused-ring (bicyclic) bond motifs is 1. The summed E-state index contributed by atoms with van der Waals surface area (Å²) < 4.78 is 3.46. The molecule has 0 saturated heterocycles. The standard InChI is InChI=1S/C32H33ClIN3OS/c1-19-16-21(20(2)37(19)26-13-9-24(34)10-14-26)18-35-31-29(30(38)36-25-11-7-23(33)8-12-25)27-15-6-22(32(3,4)5)17-28(27)39-31/h7-14,16,18,22H,6,15,17H2,1-5H3,(H,36,38)/t22-/m1/s1. The average molecular weight is 670 g/mol. The lowest BCUT2D eigenvalue weighted by Gasteiger charge is -2.33. The van der Waals surface area contributed by atoms with Crippen molar-refractivity contribution in [3.05, 3.63) is 96.1 Å². The Morgan fingerprint density at radius 1 is 1.13 bits per heavy atom. The fraction of sp³-hybridized carbons (Fsp3) is 0.312. The third kappa shape index (κ3) is 6.03. The Morgan fingerprint density at radius 2 is 1.82 bits per heavy atom. The Kier molecular flexibility index (Phi) is 8.09. The van der Waals surface area contributed by atoms with E-state index in [9.17, 15) is 4.79 Å². The molecule has 1 aliphatic carbocycles. The first kappa shape index (κ1) is 28.1. The number of aliphatic imine (C=N–C) groups is 1. The molecular formula is C32H33ClIN3OS. The molecule has 39 heavy (non-hydrogen) atoms. The molecule has 4 nitrogen and oxygen atoms in total. The first-order chi connectivity index (χ1) is 18.5. The van der Waals surface area contributed by atoms with E-state index in [-0.39, 0.29) is 11.3 Å². The number of carbonyl (C=O) groups is 1. The molecule has 0 bridgehead atoms. The lowest BCUT2D eigenvalue weighted by molar-refractivity contribution is 0.102. The van der Waals surface area contributed by atoms with Gasteiger partial charge in [0, 0.05) is 48.0 Å². The quantitative estimate of drug-likeness (QED) is 0.167. The number of nitrogens with zero attached hydrogens (tertiary/aromatic N) is 2. The molecule has 0 unspecified atom stereocenters. The first-order valence-electron chi connectivity index (χ1n) is 13.2. The van der Waals surface area contributed by atoms with Gasteiger partial charge < -0.3 is 9.88 Å². The highest BCUT2D eigenvalue weighted by Crippen LogP contribution is 2.45. The van der Waals surface area contributed by atoms with Gasteiger partial charge in [0.2, 0.25) is 0 Å². The highest BCUT2D eigenvalue weighted by Gasteiger charge is 2.33. The number of hydrogen-bond acceptors (Lipinski definition) is 3. The second kappa shape index (κ2) is 11.2. The Morgan fingerprint density at radius 3 is 2.49 bits per heavy atom. The SMILES string of the molecule is Cc1cc(C=Nc2sc3c(c2C(=O)Nc2ccc(Cl)cc2)CC[C@@H](C(C)(C)C)C3)c(C)n1-c1ccc(I)cc1. The van der Waals surface area contributed by atoms with Gasteiger partial charge in [0.25, 0.3) is 5.91 Å². The van der Waals surface area contributed by atoms with Crippen molar-refractivity contribution in [1.29, 1.82) is 0 Å². The maximum Gasteiger partial charge on any atom is 0.259 e. The van der Waals surface area contributed by atoms with Crippen molar-refractivity contribution >= 4 is 68.3 Å². The fourth-order valence-corrected chi connectivity index (χ4v) is 7.15. The Bertz CT molecular complexity index is 1540. The van der Waals surface area contributed by atoms with Crippen LogP contribution in [-0.4, -0.2) is 16.7 Å². The number of hydrogen-bond donors (Lipinski definition) is 1.